The Labute approximate surface area is 195 Å². The Morgan fingerprint density at radius 1 is 0.903 bits per heavy atom. The highest BCUT2D eigenvalue weighted by Crippen LogP contribution is 2.19. The predicted octanol–water partition coefficient (Wildman–Crippen LogP) is 3.38. The van der Waals surface area contributed by atoms with Crippen molar-refractivity contribution in [3.63, 3.8) is 0 Å². The monoisotopic (exact) mass is 539 g/mol. The average Bonchev–Trinajstić information content (AvgIpc) is 2.77. The van der Waals surface area contributed by atoms with Crippen molar-refractivity contribution in [1.29, 1.82) is 0 Å². The van der Waals surface area contributed by atoms with E-state index in [2.05, 4.69) is 27.9 Å². The molecule has 0 aromatic heterocycles. The molecule has 0 saturated carbocycles. The Bertz CT molecular complexity index is 882. The Balaban J connectivity index is 2.34. The van der Waals surface area contributed by atoms with Gasteiger partial charge in [-0.25, -0.2) is 0 Å². The van der Waals surface area contributed by atoms with Crippen LogP contribution in [0.3, 0.4) is 0 Å². The van der Waals surface area contributed by atoms with Crippen molar-refractivity contribution in [2.45, 2.75) is 26.4 Å². The summed E-state index contributed by atoms with van der Waals surface area (Å²) in [5, 5.41) is 3.02. The molecule has 166 valence electrons. The number of esters is 2. The summed E-state index contributed by atoms with van der Waals surface area (Å²) < 4.78 is 16.4. The van der Waals surface area contributed by atoms with Gasteiger partial charge in [0.25, 0.3) is 0 Å². The van der Waals surface area contributed by atoms with E-state index in [1.54, 1.807) is 57.4 Å². The SMILES string of the molecule is CCOC(=O)C(NCc1ccc(OC)cc1)C(C(=O)OCC)C(=O)c1ccc(I)cc1. The van der Waals surface area contributed by atoms with Gasteiger partial charge in [-0.1, -0.05) is 24.3 Å². The van der Waals surface area contributed by atoms with E-state index in [-0.39, 0.29) is 19.8 Å². The van der Waals surface area contributed by atoms with Crippen LogP contribution in [0.5, 0.6) is 5.75 Å². The molecule has 8 heteroatoms. The molecule has 0 aliphatic rings. The first-order valence-corrected chi connectivity index (χ1v) is 11.0. The largest absolute Gasteiger partial charge is 0.497 e. The van der Waals surface area contributed by atoms with Gasteiger partial charge in [0.05, 0.1) is 20.3 Å². The Hall–Kier alpha value is -2.46. The molecule has 2 atom stereocenters. The first-order chi connectivity index (χ1) is 14.9. The van der Waals surface area contributed by atoms with Crippen LogP contribution in [0.4, 0.5) is 0 Å². The molecule has 7 nitrogen and oxygen atoms in total. The van der Waals surface area contributed by atoms with E-state index >= 15 is 0 Å². The number of hydrogen-bond donors (Lipinski definition) is 1. The summed E-state index contributed by atoms with van der Waals surface area (Å²) >= 11 is 2.13. The predicted molar refractivity (Wildman–Crippen MR) is 124 cm³/mol. The second-order valence-corrected chi connectivity index (χ2v) is 7.81. The van der Waals surface area contributed by atoms with Crippen LogP contribution in [0.2, 0.25) is 0 Å². The van der Waals surface area contributed by atoms with Crippen molar-refractivity contribution in [1.82, 2.24) is 5.32 Å². The molecule has 2 unspecified atom stereocenters. The normalized spacial score (nSPS) is 12.5. The van der Waals surface area contributed by atoms with E-state index in [0.717, 1.165) is 9.13 Å². The summed E-state index contributed by atoms with van der Waals surface area (Å²) in [4.78, 5) is 38.8. The molecule has 1 N–H and O–H groups in total. The molecule has 31 heavy (non-hydrogen) atoms. The first kappa shape index (κ1) is 24.8. The van der Waals surface area contributed by atoms with Gasteiger partial charge in [-0.15, -0.1) is 0 Å². The third-order valence-electron chi connectivity index (χ3n) is 4.51. The summed E-state index contributed by atoms with van der Waals surface area (Å²) in [6.45, 7) is 3.76. The van der Waals surface area contributed by atoms with E-state index in [4.69, 9.17) is 14.2 Å². The highest BCUT2D eigenvalue weighted by atomic mass is 127. The summed E-state index contributed by atoms with van der Waals surface area (Å²) in [6, 6.07) is 12.8. The fourth-order valence-corrected chi connectivity index (χ4v) is 3.32. The number of carbonyl (C=O) groups is 3. The number of halogens is 1. The zero-order valence-electron chi connectivity index (χ0n) is 17.7. The van der Waals surface area contributed by atoms with Crippen LogP contribution in [0.25, 0.3) is 0 Å². The van der Waals surface area contributed by atoms with Gasteiger partial charge in [-0.2, -0.15) is 0 Å². The quantitative estimate of drug-likeness (QED) is 0.203. The zero-order chi connectivity index (χ0) is 22.8. The van der Waals surface area contributed by atoms with Gasteiger partial charge < -0.3 is 14.2 Å². The fraction of sp³-hybridized carbons (Fsp3) is 0.348. The van der Waals surface area contributed by atoms with Crippen LogP contribution < -0.4 is 10.1 Å². The Morgan fingerprint density at radius 2 is 1.48 bits per heavy atom. The maximum atomic E-state index is 13.2. The zero-order valence-corrected chi connectivity index (χ0v) is 19.9. The number of Topliss-reactive ketones (excluding diaryl/α,β-unsaturated/α-hetero) is 1. The summed E-state index contributed by atoms with van der Waals surface area (Å²) in [7, 11) is 1.57. The highest BCUT2D eigenvalue weighted by Gasteiger charge is 2.41. The maximum Gasteiger partial charge on any atom is 0.324 e. The molecule has 0 aliphatic carbocycles. The van der Waals surface area contributed by atoms with E-state index in [1.807, 2.05) is 12.1 Å². The van der Waals surface area contributed by atoms with Crippen molar-refractivity contribution in [3.05, 3.63) is 63.2 Å². The van der Waals surface area contributed by atoms with E-state index < -0.39 is 29.7 Å². The molecular weight excluding hydrogens is 513 g/mol. The smallest absolute Gasteiger partial charge is 0.324 e. The minimum absolute atomic E-state index is 0.0866. The van der Waals surface area contributed by atoms with Crippen LogP contribution in [-0.4, -0.2) is 44.1 Å². The Kier molecular flexibility index (Phi) is 9.93. The van der Waals surface area contributed by atoms with Crippen molar-refractivity contribution >= 4 is 40.3 Å². The van der Waals surface area contributed by atoms with Gasteiger partial charge in [0.2, 0.25) is 0 Å². The van der Waals surface area contributed by atoms with Gasteiger partial charge in [-0.05, 0) is 66.3 Å². The van der Waals surface area contributed by atoms with Crippen molar-refractivity contribution in [2.75, 3.05) is 20.3 Å². The van der Waals surface area contributed by atoms with Gasteiger partial charge in [0, 0.05) is 15.7 Å². The summed E-state index contributed by atoms with van der Waals surface area (Å²) in [6.07, 6.45) is 0. The van der Waals surface area contributed by atoms with Crippen LogP contribution in [0, 0.1) is 9.49 Å². The van der Waals surface area contributed by atoms with Crippen molar-refractivity contribution < 1.29 is 28.6 Å². The molecule has 0 aliphatic heterocycles. The number of carbonyl (C=O) groups excluding carboxylic acids is 3. The molecule has 0 saturated heterocycles. The van der Waals surface area contributed by atoms with Gasteiger partial charge in [-0.3, -0.25) is 19.7 Å². The van der Waals surface area contributed by atoms with E-state index in [1.165, 1.54) is 0 Å². The lowest BCUT2D eigenvalue weighted by Crippen LogP contribution is -2.50. The molecule has 0 amide bonds. The molecule has 0 spiro atoms. The highest BCUT2D eigenvalue weighted by molar-refractivity contribution is 14.1. The van der Waals surface area contributed by atoms with Crippen LogP contribution >= 0.6 is 22.6 Å². The molecule has 0 heterocycles. The molecule has 2 rings (SSSR count). The van der Waals surface area contributed by atoms with Gasteiger partial charge >= 0.3 is 11.9 Å². The molecule has 2 aromatic carbocycles. The average molecular weight is 539 g/mol. The third-order valence-corrected chi connectivity index (χ3v) is 5.23. The molecule has 0 fully saturated rings. The van der Waals surface area contributed by atoms with Crippen LogP contribution in [0.15, 0.2) is 48.5 Å². The fourth-order valence-electron chi connectivity index (χ4n) is 2.96. The minimum atomic E-state index is -1.38. The number of hydrogen-bond acceptors (Lipinski definition) is 7. The summed E-state index contributed by atoms with van der Waals surface area (Å²) in [5.74, 6) is -2.64. The lowest BCUT2D eigenvalue weighted by Gasteiger charge is -2.24. The number of ketones is 1. The first-order valence-electron chi connectivity index (χ1n) is 9.90. The van der Waals surface area contributed by atoms with Gasteiger partial charge in [0.15, 0.2) is 5.78 Å². The van der Waals surface area contributed by atoms with Crippen LogP contribution in [0.1, 0.15) is 29.8 Å². The number of rotatable bonds is 11. The minimum Gasteiger partial charge on any atom is -0.497 e. The van der Waals surface area contributed by atoms with E-state index in [0.29, 0.717) is 11.3 Å². The van der Waals surface area contributed by atoms with E-state index in [9.17, 15) is 14.4 Å². The number of ether oxygens (including phenoxy) is 3. The molecule has 2 aromatic rings. The second kappa shape index (κ2) is 12.4. The third kappa shape index (κ3) is 7.03. The topological polar surface area (TPSA) is 90.9 Å². The standard InChI is InChI=1S/C23H26INO6/c1-4-30-22(27)19(21(26)16-8-10-17(24)11-9-16)20(23(28)31-5-2)25-14-15-6-12-18(29-3)13-7-15/h6-13,19-20,25H,4-5,14H2,1-3H3. The van der Waals surface area contributed by atoms with Crippen molar-refractivity contribution in [2.24, 2.45) is 5.92 Å². The lowest BCUT2D eigenvalue weighted by atomic mass is 9.90. The molecule has 0 bridgehead atoms. The Morgan fingerprint density at radius 3 is 2.03 bits per heavy atom. The maximum absolute atomic E-state index is 13.2. The summed E-state index contributed by atoms with van der Waals surface area (Å²) in [5.41, 5.74) is 1.17. The molecule has 0 radical (unpaired) electrons. The molecular formula is C23H26INO6. The van der Waals surface area contributed by atoms with Crippen molar-refractivity contribution in [3.8, 4) is 5.75 Å². The lowest BCUT2D eigenvalue weighted by molar-refractivity contribution is -0.155. The number of methoxy groups -OCH3 is 1. The second-order valence-electron chi connectivity index (χ2n) is 6.56. The number of nitrogens with one attached hydrogen (secondary N) is 1. The van der Waals surface area contributed by atoms with Crippen LogP contribution in [-0.2, 0) is 25.6 Å². The van der Waals surface area contributed by atoms with Gasteiger partial charge in [0.1, 0.15) is 17.7 Å². The number of benzene rings is 2.